The minimum atomic E-state index is -1.18. The van der Waals surface area contributed by atoms with Gasteiger partial charge in [0.2, 0.25) is 0 Å². The number of rotatable bonds is 4. The summed E-state index contributed by atoms with van der Waals surface area (Å²) in [6.07, 6.45) is 0.879. The van der Waals surface area contributed by atoms with Gasteiger partial charge in [-0.3, -0.25) is 4.79 Å². The first-order valence-electron chi connectivity index (χ1n) is 3.42. The van der Waals surface area contributed by atoms with Gasteiger partial charge in [-0.1, -0.05) is 13.8 Å². The van der Waals surface area contributed by atoms with Crippen LogP contribution in [0.3, 0.4) is 0 Å². The van der Waals surface area contributed by atoms with Gasteiger partial charge in [-0.2, -0.15) is 0 Å². The molecule has 0 atom stereocenters. The molecule has 0 aromatic heterocycles. The van der Waals surface area contributed by atoms with E-state index >= 15 is 0 Å². The van der Waals surface area contributed by atoms with Crippen LogP contribution in [0, 0.1) is 0 Å². The van der Waals surface area contributed by atoms with Crippen molar-refractivity contribution in [2.75, 3.05) is 5.88 Å². The Balaban J connectivity index is 4.17. The van der Waals surface area contributed by atoms with Crippen LogP contribution in [-0.2, 0) is 4.79 Å². The molecule has 10 heavy (non-hydrogen) atoms. The fourth-order valence-electron chi connectivity index (χ4n) is 0.769. The van der Waals surface area contributed by atoms with Crippen LogP contribution in [0.1, 0.15) is 26.7 Å². The van der Waals surface area contributed by atoms with Gasteiger partial charge in [-0.05, 0) is 12.8 Å². The highest BCUT2D eigenvalue weighted by atomic mass is 35.5. The highest BCUT2D eigenvalue weighted by Gasteiger charge is 2.30. The average Bonchev–Trinajstić information content (AvgIpc) is 2.01. The lowest BCUT2D eigenvalue weighted by Gasteiger charge is -2.21. The van der Waals surface area contributed by atoms with Crippen molar-refractivity contribution in [1.29, 1.82) is 0 Å². The van der Waals surface area contributed by atoms with Crippen LogP contribution < -0.4 is 0 Å². The van der Waals surface area contributed by atoms with Crippen molar-refractivity contribution >= 4 is 17.4 Å². The molecule has 0 saturated carbocycles. The molecule has 0 rings (SSSR count). The maximum absolute atomic E-state index is 10.9. The second-order valence-corrected chi connectivity index (χ2v) is 2.56. The summed E-state index contributed by atoms with van der Waals surface area (Å²) < 4.78 is 0. The summed E-state index contributed by atoms with van der Waals surface area (Å²) in [5.41, 5.74) is -1.18. The van der Waals surface area contributed by atoms with Gasteiger partial charge in [-0.15, -0.1) is 11.6 Å². The van der Waals surface area contributed by atoms with Crippen LogP contribution in [0.4, 0.5) is 0 Å². The number of Topliss-reactive ketones (excluding diaryl/α,β-unsaturated/α-hetero) is 1. The standard InChI is InChI=1S/C7H13ClO2/c1-3-7(10,4-2)6(9)5-8/h10H,3-5H2,1-2H3. The van der Waals surface area contributed by atoms with E-state index in [9.17, 15) is 9.90 Å². The number of aliphatic hydroxyl groups is 1. The quantitative estimate of drug-likeness (QED) is 0.637. The molecule has 0 aromatic rings. The van der Waals surface area contributed by atoms with Crippen molar-refractivity contribution in [2.24, 2.45) is 0 Å². The predicted molar refractivity (Wildman–Crippen MR) is 41.3 cm³/mol. The van der Waals surface area contributed by atoms with E-state index in [2.05, 4.69) is 0 Å². The number of carbonyl (C=O) groups excluding carboxylic acids is 1. The molecule has 0 unspecified atom stereocenters. The Morgan fingerprint density at radius 2 is 1.90 bits per heavy atom. The van der Waals surface area contributed by atoms with Crippen LogP contribution in [0.15, 0.2) is 0 Å². The van der Waals surface area contributed by atoms with E-state index in [0.717, 1.165) is 0 Å². The second-order valence-electron chi connectivity index (χ2n) is 2.30. The molecule has 0 aliphatic carbocycles. The molecule has 0 amide bonds. The lowest BCUT2D eigenvalue weighted by Crippen LogP contribution is -2.38. The van der Waals surface area contributed by atoms with Gasteiger partial charge < -0.3 is 5.11 Å². The normalized spacial score (nSPS) is 11.6. The SMILES string of the molecule is CCC(O)(CC)C(=O)CCl. The van der Waals surface area contributed by atoms with Gasteiger partial charge in [0, 0.05) is 0 Å². The van der Waals surface area contributed by atoms with Crippen LogP contribution >= 0.6 is 11.6 Å². The van der Waals surface area contributed by atoms with Crippen LogP contribution in [0.25, 0.3) is 0 Å². The summed E-state index contributed by atoms with van der Waals surface area (Å²) in [4.78, 5) is 10.9. The largest absolute Gasteiger partial charge is 0.382 e. The van der Waals surface area contributed by atoms with Crippen LogP contribution in [-0.4, -0.2) is 22.4 Å². The number of hydrogen-bond acceptors (Lipinski definition) is 2. The summed E-state index contributed by atoms with van der Waals surface area (Å²) in [6, 6.07) is 0. The van der Waals surface area contributed by atoms with Crippen LogP contribution in [0.5, 0.6) is 0 Å². The van der Waals surface area contributed by atoms with Gasteiger partial charge in [0.15, 0.2) is 5.78 Å². The smallest absolute Gasteiger partial charge is 0.178 e. The molecule has 0 heterocycles. The third-order valence-corrected chi connectivity index (χ3v) is 2.05. The lowest BCUT2D eigenvalue weighted by molar-refractivity contribution is -0.135. The summed E-state index contributed by atoms with van der Waals surface area (Å²) in [6.45, 7) is 3.54. The molecule has 0 aromatic carbocycles. The van der Waals surface area contributed by atoms with Crippen molar-refractivity contribution in [3.63, 3.8) is 0 Å². The molecule has 0 spiro atoms. The third-order valence-electron chi connectivity index (χ3n) is 1.81. The molecule has 0 saturated heterocycles. The van der Waals surface area contributed by atoms with E-state index in [4.69, 9.17) is 11.6 Å². The van der Waals surface area contributed by atoms with Gasteiger partial charge in [0.25, 0.3) is 0 Å². The first kappa shape index (κ1) is 9.92. The number of ketones is 1. The Bertz CT molecular complexity index is 119. The van der Waals surface area contributed by atoms with Crippen molar-refractivity contribution in [3.8, 4) is 0 Å². The molecule has 0 aliphatic heterocycles. The van der Waals surface area contributed by atoms with Crippen molar-refractivity contribution < 1.29 is 9.90 Å². The highest BCUT2D eigenvalue weighted by Crippen LogP contribution is 2.16. The molecule has 2 nitrogen and oxygen atoms in total. The summed E-state index contributed by atoms with van der Waals surface area (Å²) in [5.74, 6) is -0.378. The minimum absolute atomic E-state index is 0.0990. The minimum Gasteiger partial charge on any atom is -0.382 e. The number of carbonyl (C=O) groups is 1. The highest BCUT2D eigenvalue weighted by molar-refractivity contribution is 6.28. The topological polar surface area (TPSA) is 37.3 Å². The maximum atomic E-state index is 10.9. The molecular weight excluding hydrogens is 152 g/mol. The molecule has 0 aliphatic rings. The Morgan fingerprint density at radius 1 is 1.50 bits per heavy atom. The Hall–Kier alpha value is -0.0800. The molecule has 0 bridgehead atoms. The number of hydrogen-bond donors (Lipinski definition) is 1. The van der Waals surface area contributed by atoms with Crippen molar-refractivity contribution in [3.05, 3.63) is 0 Å². The molecule has 1 N–H and O–H groups in total. The number of halogens is 1. The van der Waals surface area contributed by atoms with E-state index in [1.165, 1.54) is 0 Å². The first-order valence-corrected chi connectivity index (χ1v) is 3.95. The zero-order valence-electron chi connectivity index (χ0n) is 6.35. The van der Waals surface area contributed by atoms with Crippen LogP contribution in [0.2, 0.25) is 0 Å². The Labute approximate surface area is 66.2 Å². The van der Waals surface area contributed by atoms with Gasteiger partial charge in [0.1, 0.15) is 5.60 Å². The fraction of sp³-hybridized carbons (Fsp3) is 0.857. The molecule has 60 valence electrons. The first-order chi connectivity index (χ1) is 4.60. The molecule has 3 heteroatoms. The predicted octanol–water partition coefficient (Wildman–Crippen LogP) is 1.35. The van der Waals surface area contributed by atoms with E-state index in [0.29, 0.717) is 12.8 Å². The zero-order valence-corrected chi connectivity index (χ0v) is 7.11. The van der Waals surface area contributed by atoms with Crippen molar-refractivity contribution in [1.82, 2.24) is 0 Å². The summed E-state index contributed by atoms with van der Waals surface area (Å²) in [5, 5.41) is 9.46. The second kappa shape index (κ2) is 3.94. The van der Waals surface area contributed by atoms with E-state index in [1.54, 1.807) is 13.8 Å². The third kappa shape index (κ3) is 1.96. The van der Waals surface area contributed by atoms with Crippen molar-refractivity contribution in [2.45, 2.75) is 32.3 Å². The van der Waals surface area contributed by atoms with Gasteiger partial charge >= 0.3 is 0 Å². The van der Waals surface area contributed by atoms with E-state index in [1.807, 2.05) is 0 Å². The van der Waals surface area contributed by atoms with Gasteiger partial charge in [-0.25, -0.2) is 0 Å². The van der Waals surface area contributed by atoms with E-state index in [-0.39, 0.29) is 11.7 Å². The number of alkyl halides is 1. The average molecular weight is 165 g/mol. The summed E-state index contributed by atoms with van der Waals surface area (Å²) >= 11 is 5.28. The zero-order chi connectivity index (χ0) is 8.20. The molecule has 0 fully saturated rings. The molecule has 0 radical (unpaired) electrons. The summed E-state index contributed by atoms with van der Waals surface area (Å²) in [7, 11) is 0. The lowest BCUT2D eigenvalue weighted by atomic mass is 9.93. The Kier molecular flexibility index (Phi) is 3.91. The van der Waals surface area contributed by atoms with E-state index < -0.39 is 5.60 Å². The monoisotopic (exact) mass is 164 g/mol. The fourth-order valence-corrected chi connectivity index (χ4v) is 1.02. The molecular formula is C7H13ClO2. The Morgan fingerprint density at radius 3 is 2.00 bits per heavy atom. The maximum Gasteiger partial charge on any atom is 0.178 e. The van der Waals surface area contributed by atoms with Gasteiger partial charge in [0.05, 0.1) is 5.88 Å².